The lowest BCUT2D eigenvalue weighted by Crippen LogP contribution is -2.26. The van der Waals surface area contributed by atoms with Crippen LogP contribution in [0, 0.1) is 0 Å². The minimum Gasteiger partial charge on any atom is -0.481 e. The average molecular weight is 316 g/mol. The number of hydrogen-bond acceptors (Lipinski definition) is 3. The molecule has 110 valence electrons. The first-order chi connectivity index (χ1) is 9.58. The van der Waals surface area contributed by atoms with E-state index in [9.17, 15) is 9.59 Å². The van der Waals surface area contributed by atoms with E-state index >= 15 is 0 Å². The molecule has 1 amide bonds. The molecule has 20 heavy (non-hydrogen) atoms. The van der Waals surface area contributed by atoms with Crippen molar-refractivity contribution in [2.75, 3.05) is 12.3 Å². The maximum absolute atomic E-state index is 11.6. The molecule has 0 atom stereocenters. The van der Waals surface area contributed by atoms with Crippen LogP contribution in [0.1, 0.15) is 25.7 Å². The highest BCUT2D eigenvalue weighted by Crippen LogP contribution is 2.19. The third-order valence-corrected chi connectivity index (χ3v) is 3.84. The second kappa shape index (κ2) is 9.66. The topological polar surface area (TPSA) is 66.4 Å². The van der Waals surface area contributed by atoms with E-state index in [4.69, 9.17) is 16.7 Å². The predicted octanol–water partition coefficient (Wildman–Crippen LogP) is 3.19. The molecule has 0 aliphatic rings. The molecule has 0 radical (unpaired) electrons. The van der Waals surface area contributed by atoms with E-state index in [0.717, 1.165) is 17.7 Å². The molecular formula is C14H18ClNO3S. The lowest BCUT2D eigenvalue weighted by atomic mass is 10.2. The van der Waals surface area contributed by atoms with Crippen LogP contribution in [0.2, 0.25) is 5.02 Å². The fourth-order valence-corrected chi connectivity index (χ4v) is 2.39. The Labute approximate surface area is 127 Å². The van der Waals surface area contributed by atoms with Gasteiger partial charge in [0.25, 0.3) is 0 Å². The highest BCUT2D eigenvalue weighted by atomic mass is 35.5. The maximum Gasteiger partial charge on any atom is 0.303 e. The van der Waals surface area contributed by atoms with Gasteiger partial charge in [-0.15, -0.1) is 11.8 Å². The Hall–Kier alpha value is -1.20. The largest absolute Gasteiger partial charge is 0.481 e. The number of carboxylic acids is 1. The number of benzene rings is 1. The number of rotatable bonds is 9. The molecule has 0 saturated carbocycles. The van der Waals surface area contributed by atoms with E-state index in [2.05, 4.69) is 5.32 Å². The molecule has 0 unspecified atom stereocenters. The molecule has 1 aromatic carbocycles. The van der Waals surface area contributed by atoms with Gasteiger partial charge < -0.3 is 10.4 Å². The van der Waals surface area contributed by atoms with Gasteiger partial charge in [-0.3, -0.25) is 9.59 Å². The first-order valence-electron chi connectivity index (χ1n) is 6.45. The summed E-state index contributed by atoms with van der Waals surface area (Å²) in [4.78, 5) is 22.9. The van der Waals surface area contributed by atoms with Gasteiger partial charge in [0.2, 0.25) is 5.91 Å². The quantitative estimate of drug-likeness (QED) is 0.542. The number of carboxylic acid groups (broad SMARTS) is 1. The van der Waals surface area contributed by atoms with Gasteiger partial charge in [-0.1, -0.05) is 18.0 Å². The van der Waals surface area contributed by atoms with Crippen LogP contribution < -0.4 is 5.32 Å². The van der Waals surface area contributed by atoms with E-state index in [1.54, 1.807) is 12.1 Å². The highest BCUT2D eigenvalue weighted by molar-refractivity contribution is 8.00. The average Bonchev–Trinajstić information content (AvgIpc) is 2.41. The monoisotopic (exact) mass is 315 g/mol. The van der Waals surface area contributed by atoms with Crippen molar-refractivity contribution in [3.63, 3.8) is 0 Å². The van der Waals surface area contributed by atoms with Crippen LogP contribution in [-0.2, 0) is 9.59 Å². The summed E-state index contributed by atoms with van der Waals surface area (Å²) in [6.45, 7) is 0.597. The van der Waals surface area contributed by atoms with Crippen molar-refractivity contribution in [2.45, 2.75) is 30.6 Å². The molecule has 2 N–H and O–H groups in total. The highest BCUT2D eigenvalue weighted by Gasteiger charge is 2.02. The van der Waals surface area contributed by atoms with Crippen molar-refractivity contribution >= 4 is 35.2 Å². The summed E-state index contributed by atoms with van der Waals surface area (Å²) in [5.74, 6) is -0.409. The van der Waals surface area contributed by atoms with Gasteiger partial charge in [-0.05, 0) is 37.1 Å². The third-order valence-electron chi connectivity index (χ3n) is 2.57. The van der Waals surface area contributed by atoms with Gasteiger partial charge in [-0.25, -0.2) is 0 Å². The zero-order valence-electron chi connectivity index (χ0n) is 11.1. The van der Waals surface area contributed by atoms with E-state index in [1.807, 2.05) is 12.1 Å². The molecule has 0 saturated heterocycles. The SMILES string of the molecule is O=C(O)CCCCCNC(=O)CSc1ccc(Cl)cc1. The summed E-state index contributed by atoms with van der Waals surface area (Å²) in [6.07, 6.45) is 2.48. The van der Waals surface area contributed by atoms with Gasteiger partial charge >= 0.3 is 5.97 Å². The fourth-order valence-electron chi connectivity index (χ4n) is 1.54. The molecule has 1 aromatic rings. The molecule has 0 bridgehead atoms. The van der Waals surface area contributed by atoms with Crippen molar-refractivity contribution in [3.8, 4) is 0 Å². The molecule has 6 heteroatoms. The van der Waals surface area contributed by atoms with Crippen molar-refractivity contribution in [1.82, 2.24) is 5.32 Å². The molecule has 0 aliphatic heterocycles. The number of aliphatic carboxylic acids is 1. The minimum atomic E-state index is -0.770. The van der Waals surface area contributed by atoms with Crippen LogP contribution >= 0.6 is 23.4 Å². The Balaban J connectivity index is 2.06. The predicted molar refractivity (Wildman–Crippen MR) is 81.3 cm³/mol. The molecule has 0 heterocycles. The zero-order valence-corrected chi connectivity index (χ0v) is 12.7. The number of carbonyl (C=O) groups excluding carboxylic acids is 1. The van der Waals surface area contributed by atoms with Crippen molar-refractivity contribution in [3.05, 3.63) is 29.3 Å². The molecule has 0 aromatic heterocycles. The number of amides is 1. The number of nitrogens with one attached hydrogen (secondary N) is 1. The van der Waals surface area contributed by atoms with E-state index in [-0.39, 0.29) is 12.3 Å². The van der Waals surface area contributed by atoms with Crippen LogP contribution in [-0.4, -0.2) is 29.3 Å². The van der Waals surface area contributed by atoms with Crippen molar-refractivity contribution in [2.24, 2.45) is 0 Å². The number of thioether (sulfide) groups is 1. The summed E-state index contributed by atoms with van der Waals surface area (Å²) >= 11 is 7.24. The van der Waals surface area contributed by atoms with Crippen molar-refractivity contribution < 1.29 is 14.7 Å². The first-order valence-corrected chi connectivity index (χ1v) is 7.81. The van der Waals surface area contributed by atoms with Crippen LogP contribution in [0.15, 0.2) is 29.2 Å². The number of unbranched alkanes of at least 4 members (excludes halogenated alkanes) is 2. The summed E-state index contributed by atoms with van der Waals surface area (Å²) in [5.41, 5.74) is 0. The number of carbonyl (C=O) groups is 2. The van der Waals surface area contributed by atoms with Gasteiger partial charge in [-0.2, -0.15) is 0 Å². The Bertz CT molecular complexity index is 437. The smallest absolute Gasteiger partial charge is 0.303 e. The summed E-state index contributed by atoms with van der Waals surface area (Å²) in [6, 6.07) is 7.35. The first kappa shape index (κ1) is 16.9. The Morgan fingerprint density at radius 2 is 1.85 bits per heavy atom. The standard InChI is InChI=1S/C14H18ClNO3S/c15-11-5-7-12(8-6-11)20-10-13(17)16-9-3-1-2-4-14(18)19/h5-8H,1-4,9-10H2,(H,16,17)(H,18,19). The number of halogens is 1. The van der Waals surface area contributed by atoms with Gasteiger partial charge in [0.05, 0.1) is 5.75 Å². The Morgan fingerprint density at radius 1 is 1.15 bits per heavy atom. The normalized spacial score (nSPS) is 10.2. The van der Waals surface area contributed by atoms with E-state index in [1.165, 1.54) is 11.8 Å². The van der Waals surface area contributed by atoms with Crippen LogP contribution in [0.5, 0.6) is 0 Å². The lowest BCUT2D eigenvalue weighted by molar-refractivity contribution is -0.137. The van der Waals surface area contributed by atoms with Gasteiger partial charge in [0, 0.05) is 22.9 Å². The van der Waals surface area contributed by atoms with Gasteiger partial charge in [0.1, 0.15) is 0 Å². The summed E-state index contributed by atoms with van der Waals surface area (Å²) in [7, 11) is 0. The summed E-state index contributed by atoms with van der Waals surface area (Å²) in [5, 5.41) is 12.0. The zero-order chi connectivity index (χ0) is 14.8. The lowest BCUT2D eigenvalue weighted by Gasteiger charge is -2.05. The molecule has 0 aliphatic carbocycles. The Morgan fingerprint density at radius 3 is 2.50 bits per heavy atom. The molecule has 1 rings (SSSR count). The Kier molecular flexibility index (Phi) is 8.14. The number of hydrogen-bond donors (Lipinski definition) is 2. The van der Waals surface area contributed by atoms with Crippen molar-refractivity contribution in [1.29, 1.82) is 0 Å². The van der Waals surface area contributed by atoms with Crippen LogP contribution in [0.3, 0.4) is 0 Å². The van der Waals surface area contributed by atoms with Crippen LogP contribution in [0.25, 0.3) is 0 Å². The molecular weight excluding hydrogens is 298 g/mol. The third kappa shape index (κ3) is 8.07. The van der Waals surface area contributed by atoms with Gasteiger partial charge in [0.15, 0.2) is 0 Å². The maximum atomic E-state index is 11.6. The summed E-state index contributed by atoms with van der Waals surface area (Å²) < 4.78 is 0. The molecule has 0 fully saturated rings. The molecule has 4 nitrogen and oxygen atoms in total. The fraction of sp³-hybridized carbons (Fsp3) is 0.429. The molecule has 0 spiro atoms. The van der Waals surface area contributed by atoms with Crippen LogP contribution in [0.4, 0.5) is 0 Å². The van der Waals surface area contributed by atoms with E-state index in [0.29, 0.717) is 23.7 Å². The van der Waals surface area contributed by atoms with E-state index < -0.39 is 5.97 Å². The minimum absolute atomic E-state index is 0.0109. The second-order valence-electron chi connectivity index (χ2n) is 4.30. The second-order valence-corrected chi connectivity index (χ2v) is 5.78.